The normalized spacial score (nSPS) is 15.2. The van der Waals surface area contributed by atoms with E-state index in [-0.39, 0.29) is 12.8 Å². The molecule has 0 bridgehead atoms. The number of aliphatic carboxylic acids is 3. The van der Waals surface area contributed by atoms with Gasteiger partial charge >= 0.3 is 17.9 Å². The van der Waals surface area contributed by atoms with Crippen LogP contribution in [-0.4, -0.2) is 87.1 Å². The summed E-state index contributed by atoms with van der Waals surface area (Å²) in [5.41, 5.74) is 5.50. The van der Waals surface area contributed by atoms with Crippen LogP contribution in [0.25, 0.3) is 0 Å². The van der Waals surface area contributed by atoms with Crippen LogP contribution in [0.3, 0.4) is 0 Å². The number of carboxylic acid groups (broad SMARTS) is 3. The van der Waals surface area contributed by atoms with Gasteiger partial charge in [0.15, 0.2) is 0 Å². The van der Waals surface area contributed by atoms with E-state index in [1.54, 1.807) is 20.1 Å². The second-order valence-corrected chi connectivity index (χ2v) is 8.74. The van der Waals surface area contributed by atoms with Crippen LogP contribution in [-0.2, 0) is 28.8 Å². The molecule has 14 heteroatoms. The lowest BCUT2D eigenvalue weighted by Gasteiger charge is -2.28. The van der Waals surface area contributed by atoms with E-state index in [1.807, 2.05) is 0 Å². The first-order valence-corrected chi connectivity index (χ1v) is 12.0. The average molecular weight is 507 g/mol. The molecule has 0 radical (unpaired) electrons. The Morgan fingerprint density at radius 2 is 1.44 bits per heavy atom. The van der Waals surface area contributed by atoms with Crippen LogP contribution in [0.15, 0.2) is 0 Å². The highest BCUT2D eigenvalue weighted by atomic mass is 32.2. The first kappa shape index (κ1) is 31.1. The molecule has 34 heavy (non-hydrogen) atoms. The Balaban J connectivity index is 5.59. The molecule has 5 atom stereocenters. The minimum Gasteiger partial charge on any atom is -0.481 e. The van der Waals surface area contributed by atoms with Gasteiger partial charge in [-0.25, -0.2) is 4.79 Å². The summed E-state index contributed by atoms with van der Waals surface area (Å²) in [6.45, 7) is 3.42. The van der Waals surface area contributed by atoms with Gasteiger partial charge in [-0.15, -0.1) is 0 Å². The largest absolute Gasteiger partial charge is 0.481 e. The molecule has 0 aliphatic rings. The van der Waals surface area contributed by atoms with Crippen LogP contribution in [0.2, 0.25) is 0 Å². The molecule has 5 unspecified atom stereocenters. The number of hydrogen-bond donors (Lipinski definition) is 7. The van der Waals surface area contributed by atoms with Crippen molar-refractivity contribution in [2.45, 2.75) is 70.1 Å². The number of nitrogens with one attached hydrogen (secondary N) is 3. The van der Waals surface area contributed by atoms with Crippen molar-refractivity contribution in [1.82, 2.24) is 16.0 Å². The maximum absolute atomic E-state index is 12.9. The van der Waals surface area contributed by atoms with Crippen LogP contribution in [0.5, 0.6) is 0 Å². The molecule has 0 saturated heterocycles. The summed E-state index contributed by atoms with van der Waals surface area (Å²) in [6.07, 6.45) is 0.856. The zero-order chi connectivity index (χ0) is 26.4. The second kappa shape index (κ2) is 15.9. The minimum absolute atomic E-state index is 0.169. The van der Waals surface area contributed by atoms with Gasteiger partial charge in [0.1, 0.15) is 18.1 Å². The quantitative estimate of drug-likeness (QED) is 0.126. The average Bonchev–Trinajstić information content (AvgIpc) is 2.75. The number of nitrogens with two attached hydrogens (primary N) is 1. The molecule has 3 amide bonds. The third-order valence-electron chi connectivity index (χ3n) is 5.03. The van der Waals surface area contributed by atoms with Gasteiger partial charge in [0.05, 0.1) is 12.5 Å². The number of hydrogen-bond acceptors (Lipinski definition) is 8. The highest BCUT2D eigenvalue weighted by molar-refractivity contribution is 7.98. The van der Waals surface area contributed by atoms with E-state index in [1.165, 1.54) is 11.8 Å². The molecule has 194 valence electrons. The van der Waals surface area contributed by atoms with Gasteiger partial charge < -0.3 is 37.0 Å². The van der Waals surface area contributed by atoms with E-state index < -0.39 is 78.6 Å². The lowest BCUT2D eigenvalue weighted by molar-refractivity contribution is -0.142. The first-order valence-electron chi connectivity index (χ1n) is 10.7. The first-order chi connectivity index (χ1) is 15.8. The van der Waals surface area contributed by atoms with E-state index in [9.17, 15) is 33.9 Å². The number of carbonyl (C=O) groups excluding carboxylic acids is 3. The number of thioether (sulfide) groups is 1. The van der Waals surface area contributed by atoms with Crippen molar-refractivity contribution in [3.8, 4) is 0 Å². The van der Waals surface area contributed by atoms with Crippen molar-refractivity contribution in [1.29, 1.82) is 0 Å². The number of carbonyl (C=O) groups is 6. The third kappa shape index (κ3) is 11.8. The third-order valence-corrected chi connectivity index (χ3v) is 5.67. The topological polar surface area (TPSA) is 225 Å². The summed E-state index contributed by atoms with van der Waals surface area (Å²) in [4.78, 5) is 71.1. The summed E-state index contributed by atoms with van der Waals surface area (Å²) in [6, 6.07) is -5.21. The predicted octanol–water partition coefficient (Wildman–Crippen LogP) is -1.01. The molecule has 0 aliphatic carbocycles. The van der Waals surface area contributed by atoms with Crippen molar-refractivity contribution >= 4 is 47.4 Å². The van der Waals surface area contributed by atoms with Crippen molar-refractivity contribution in [2.24, 2.45) is 11.7 Å². The van der Waals surface area contributed by atoms with Crippen molar-refractivity contribution in [3.63, 3.8) is 0 Å². The molecular weight excluding hydrogens is 472 g/mol. The smallest absolute Gasteiger partial charge is 0.326 e. The van der Waals surface area contributed by atoms with Crippen molar-refractivity contribution < 1.29 is 44.1 Å². The lowest BCUT2D eigenvalue weighted by Crippen LogP contribution is -2.58. The van der Waals surface area contributed by atoms with Gasteiger partial charge in [-0.3, -0.25) is 24.0 Å². The van der Waals surface area contributed by atoms with Crippen LogP contribution in [0.1, 0.15) is 46.0 Å². The summed E-state index contributed by atoms with van der Waals surface area (Å²) in [5, 5.41) is 34.2. The highest BCUT2D eigenvalue weighted by Crippen LogP contribution is 2.11. The number of amides is 3. The molecule has 0 rings (SSSR count). The molecule has 0 aromatic carbocycles. The zero-order valence-corrected chi connectivity index (χ0v) is 20.2. The number of rotatable bonds is 17. The van der Waals surface area contributed by atoms with E-state index in [4.69, 9.17) is 15.9 Å². The van der Waals surface area contributed by atoms with E-state index in [0.29, 0.717) is 12.2 Å². The number of carboxylic acids is 3. The van der Waals surface area contributed by atoms with Gasteiger partial charge in [-0.1, -0.05) is 20.3 Å². The molecule has 0 saturated carbocycles. The molecule has 0 fully saturated rings. The van der Waals surface area contributed by atoms with Gasteiger partial charge in [0.25, 0.3) is 0 Å². The fourth-order valence-electron chi connectivity index (χ4n) is 2.81. The van der Waals surface area contributed by atoms with Crippen LogP contribution in [0, 0.1) is 5.92 Å². The van der Waals surface area contributed by atoms with Crippen LogP contribution < -0.4 is 21.7 Å². The summed E-state index contributed by atoms with van der Waals surface area (Å²) in [5.74, 6) is -6.33. The molecule has 13 nitrogen and oxygen atoms in total. The summed E-state index contributed by atoms with van der Waals surface area (Å²) < 4.78 is 0. The zero-order valence-electron chi connectivity index (χ0n) is 19.4. The maximum atomic E-state index is 12.9. The molecule has 0 spiro atoms. The Morgan fingerprint density at radius 1 is 0.853 bits per heavy atom. The van der Waals surface area contributed by atoms with Gasteiger partial charge in [0.2, 0.25) is 17.7 Å². The lowest BCUT2D eigenvalue weighted by atomic mass is 9.97. The molecular formula is C20H34N4O9S. The SMILES string of the molecule is CCC(C)C(NC(=O)C(CCC(=O)O)NC(=O)C(N)CC(=O)O)C(=O)NC(CCSC)C(=O)O. The Labute approximate surface area is 201 Å². The maximum Gasteiger partial charge on any atom is 0.326 e. The fraction of sp³-hybridized carbons (Fsp3) is 0.700. The highest BCUT2D eigenvalue weighted by Gasteiger charge is 2.33. The van der Waals surface area contributed by atoms with Gasteiger partial charge in [-0.05, 0) is 30.8 Å². The molecule has 8 N–H and O–H groups in total. The minimum atomic E-state index is -1.47. The van der Waals surface area contributed by atoms with Crippen molar-refractivity contribution in [2.75, 3.05) is 12.0 Å². The van der Waals surface area contributed by atoms with Crippen LogP contribution in [0.4, 0.5) is 0 Å². The standard InChI is InChI=1S/C20H34N4O9S/c1-4-10(2)16(19(31)23-13(20(32)33)7-8-34-3)24-18(30)12(5-6-14(25)26)22-17(29)11(21)9-15(27)28/h10-13,16H,4-9,21H2,1-3H3,(H,22,29)(H,23,31)(H,24,30)(H,25,26)(H,27,28)(H,32,33). The van der Waals surface area contributed by atoms with Gasteiger partial charge in [-0.2, -0.15) is 11.8 Å². The van der Waals surface area contributed by atoms with E-state index in [0.717, 1.165) is 0 Å². The van der Waals surface area contributed by atoms with Crippen LogP contribution >= 0.6 is 11.8 Å². The van der Waals surface area contributed by atoms with Crippen molar-refractivity contribution in [3.05, 3.63) is 0 Å². The second-order valence-electron chi connectivity index (χ2n) is 7.75. The summed E-state index contributed by atoms with van der Waals surface area (Å²) >= 11 is 1.41. The van der Waals surface area contributed by atoms with Gasteiger partial charge in [0, 0.05) is 6.42 Å². The van der Waals surface area contributed by atoms with E-state index in [2.05, 4.69) is 16.0 Å². The van der Waals surface area contributed by atoms with E-state index >= 15 is 0 Å². The molecule has 0 aromatic rings. The Kier molecular flexibility index (Phi) is 14.5. The monoisotopic (exact) mass is 506 g/mol. The molecule has 0 heterocycles. The fourth-order valence-corrected chi connectivity index (χ4v) is 3.28. The summed E-state index contributed by atoms with van der Waals surface area (Å²) in [7, 11) is 0. The predicted molar refractivity (Wildman–Crippen MR) is 123 cm³/mol. The Hall–Kier alpha value is -2.87. The Bertz CT molecular complexity index is 750. The molecule has 0 aromatic heterocycles. The molecule has 0 aliphatic heterocycles. The Morgan fingerprint density at radius 3 is 1.91 bits per heavy atom.